The van der Waals surface area contributed by atoms with Gasteiger partial charge in [0.1, 0.15) is 11.9 Å². The van der Waals surface area contributed by atoms with Gasteiger partial charge in [0.25, 0.3) is 0 Å². The second-order valence-electron chi connectivity index (χ2n) is 17.2. The molecule has 2 aromatic rings. The van der Waals surface area contributed by atoms with E-state index in [2.05, 4.69) is 86.0 Å². The molecule has 0 N–H and O–H groups in total. The molecular formula is C44H72NO6S3-. The van der Waals surface area contributed by atoms with Crippen molar-refractivity contribution in [1.82, 2.24) is 0 Å². The fourth-order valence-corrected chi connectivity index (χ4v) is 8.91. The van der Waals surface area contributed by atoms with Crippen LogP contribution in [0.2, 0.25) is 0 Å². The van der Waals surface area contributed by atoms with Crippen LogP contribution in [0.1, 0.15) is 136 Å². The van der Waals surface area contributed by atoms with Gasteiger partial charge in [-0.05, 0) is 111 Å². The van der Waals surface area contributed by atoms with Crippen molar-refractivity contribution in [3.8, 4) is 5.75 Å². The molecule has 2 heterocycles. The average Bonchev–Trinajstić information content (AvgIpc) is 3.13. The van der Waals surface area contributed by atoms with E-state index < -0.39 is 25.7 Å². The lowest BCUT2D eigenvalue weighted by atomic mass is 9.85. The van der Waals surface area contributed by atoms with Crippen LogP contribution in [0.15, 0.2) is 48.5 Å². The average molecular weight is 807 g/mol. The monoisotopic (exact) mass is 806 g/mol. The molecule has 2 aromatic carbocycles. The number of thioether (sulfide) groups is 1. The predicted octanol–water partition coefficient (Wildman–Crippen LogP) is 10.4. The maximum Gasteiger partial charge on any atom is 0.153 e. The van der Waals surface area contributed by atoms with Crippen LogP contribution in [-0.2, 0) is 38.5 Å². The molecular weight excluding hydrogens is 735 g/mol. The number of rotatable bonds is 14. The van der Waals surface area contributed by atoms with Crippen LogP contribution in [0, 0.1) is 5.92 Å². The molecule has 2 saturated heterocycles. The summed E-state index contributed by atoms with van der Waals surface area (Å²) >= 11 is 0.156. The molecule has 54 heavy (non-hydrogen) atoms. The Morgan fingerprint density at radius 3 is 1.89 bits per heavy atom. The first-order valence-electron chi connectivity index (χ1n) is 20.7. The molecule has 3 fully saturated rings. The van der Waals surface area contributed by atoms with Gasteiger partial charge in [-0.25, -0.2) is 8.42 Å². The lowest BCUT2D eigenvalue weighted by molar-refractivity contribution is 0.0255. The zero-order valence-electron chi connectivity index (χ0n) is 34.5. The van der Waals surface area contributed by atoms with E-state index in [0.717, 1.165) is 43.4 Å². The quantitative estimate of drug-likeness (QED) is 0.138. The van der Waals surface area contributed by atoms with E-state index in [1.165, 1.54) is 100 Å². The molecule has 0 aromatic heterocycles. The van der Waals surface area contributed by atoms with Crippen LogP contribution in [0.4, 0.5) is 5.69 Å². The zero-order valence-corrected chi connectivity index (χ0v) is 36.9. The van der Waals surface area contributed by atoms with Crippen molar-refractivity contribution in [3.05, 3.63) is 59.7 Å². The molecule has 5 rings (SSSR count). The third-order valence-electron chi connectivity index (χ3n) is 10.3. The maximum atomic E-state index is 11.5. The first kappa shape index (κ1) is 46.8. The van der Waals surface area contributed by atoms with Gasteiger partial charge in [0.2, 0.25) is 0 Å². The summed E-state index contributed by atoms with van der Waals surface area (Å²) in [7, 11) is -2.79. The summed E-state index contributed by atoms with van der Waals surface area (Å²) in [5.41, 5.74) is 4.01. The number of hydrogen-bond donors (Lipinski definition) is 0. The summed E-state index contributed by atoms with van der Waals surface area (Å²) in [5, 5.41) is 0. The minimum absolute atomic E-state index is 0.288. The summed E-state index contributed by atoms with van der Waals surface area (Å²) in [5.74, 6) is 3.82. The molecule has 0 amide bonds. The van der Waals surface area contributed by atoms with Crippen molar-refractivity contribution in [2.75, 3.05) is 48.5 Å². The number of anilines is 1. The Morgan fingerprint density at radius 2 is 1.31 bits per heavy atom. The van der Waals surface area contributed by atoms with Crippen molar-refractivity contribution >= 4 is 38.4 Å². The molecule has 1 saturated carbocycles. The number of aryl methyl sites for hydroxylation is 2. The Kier molecular flexibility index (Phi) is 21.0. The molecule has 10 heteroatoms. The highest BCUT2D eigenvalue weighted by Gasteiger charge is 2.22. The van der Waals surface area contributed by atoms with E-state index in [0.29, 0.717) is 23.9 Å². The van der Waals surface area contributed by atoms with Gasteiger partial charge in [-0.3, -0.25) is 4.21 Å². The molecule has 7 nitrogen and oxygen atoms in total. The van der Waals surface area contributed by atoms with E-state index in [1.54, 1.807) is 20.8 Å². The molecule has 0 bridgehead atoms. The lowest BCUT2D eigenvalue weighted by Crippen LogP contribution is -2.40. The SMILES string of the molecule is CC(C)(C)S(=O)[O-].CC(C)(C)SCCCCCCCc1ccc(OC2CCOCC2)cc1.O=S1(=O)CCN(c2ccc(CCC3CCCCC3)cc2)CC1. The Hall–Kier alpha value is -1.59. The predicted molar refractivity (Wildman–Crippen MR) is 231 cm³/mol. The minimum atomic E-state index is -2.79. The number of ether oxygens (including phenoxy) is 2. The van der Waals surface area contributed by atoms with Gasteiger partial charge in [0, 0.05) is 41.1 Å². The second-order valence-corrected chi connectivity index (χ2v) is 23.2. The Labute approximate surface area is 336 Å². The van der Waals surface area contributed by atoms with E-state index >= 15 is 0 Å². The molecule has 1 unspecified atom stereocenters. The normalized spacial score (nSPS) is 18.8. The van der Waals surface area contributed by atoms with E-state index in [-0.39, 0.29) is 11.5 Å². The third-order valence-corrected chi connectivity index (χ3v) is 14.2. The number of hydrogen-bond acceptors (Lipinski definition) is 8. The highest BCUT2D eigenvalue weighted by Crippen LogP contribution is 2.28. The zero-order chi connectivity index (χ0) is 39.5. The first-order chi connectivity index (χ1) is 25.6. The van der Waals surface area contributed by atoms with Gasteiger partial charge in [0.15, 0.2) is 9.84 Å². The van der Waals surface area contributed by atoms with E-state index in [1.807, 2.05) is 0 Å². The lowest BCUT2D eigenvalue weighted by Gasteiger charge is -2.29. The van der Waals surface area contributed by atoms with Crippen LogP contribution in [0.3, 0.4) is 0 Å². The van der Waals surface area contributed by atoms with Crippen LogP contribution in [0.5, 0.6) is 5.75 Å². The van der Waals surface area contributed by atoms with Crippen LogP contribution in [-0.4, -0.2) is 76.3 Å². The smallest absolute Gasteiger partial charge is 0.153 e. The molecule has 2 aliphatic heterocycles. The Morgan fingerprint density at radius 1 is 0.778 bits per heavy atom. The van der Waals surface area contributed by atoms with Gasteiger partial charge in [-0.2, -0.15) is 11.8 Å². The summed E-state index contributed by atoms with van der Waals surface area (Å²) < 4.78 is 54.3. The number of benzene rings is 2. The number of nitrogens with zero attached hydrogens (tertiary/aromatic N) is 1. The standard InChI is InChI=1S/C22H36O2S.C18H27NO2S.C4H10O2S/c1-22(2,3)25-18-8-6-4-5-7-9-19-10-12-20(13-11-19)24-21-14-16-23-17-15-21;20-22(21)14-12-19(13-15-22)18-10-8-17(9-11-18)7-6-16-4-2-1-3-5-16;1-4(2,3)7(5)6/h10-13,21H,4-9,14-18H2,1-3H3;8-11,16H,1-7,12-15H2;1-3H3,(H,5,6)/p-1. The summed E-state index contributed by atoms with van der Waals surface area (Å²) in [6, 6.07) is 17.5. The van der Waals surface area contributed by atoms with Crippen LogP contribution >= 0.6 is 11.8 Å². The third kappa shape index (κ3) is 20.5. The summed E-state index contributed by atoms with van der Waals surface area (Å²) in [4.78, 5) is 2.19. The number of sulfone groups is 1. The van der Waals surface area contributed by atoms with Gasteiger partial charge < -0.3 is 18.9 Å². The van der Waals surface area contributed by atoms with Gasteiger partial charge >= 0.3 is 0 Å². The van der Waals surface area contributed by atoms with E-state index in [9.17, 15) is 17.2 Å². The Bertz CT molecular complexity index is 1410. The molecule has 0 spiro atoms. The van der Waals surface area contributed by atoms with Crippen LogP contribution < -0.4 is 9.64 Å². The van der Waals surface area contributed by atoms with Crippen LogP contribution in [0.25, 0.3) is 0 Å². The molecule has 1 aliphatic carbocycles. The topological polar surface area (TPSA) is 96.0 Å². The molecule has 3 aliphatic rings. The summed E-state index contributed by atoms with van der Waals surface area (Å²) in [6.45, 7) is 14.8. The van der Waals surface area contributed by atoms with E-state index in [4.69, 9.17) is 9.47 Å². The maximum absolute atomic E-state index is 11.5. The molecule has 1 atom stereocenters. The highest BCUT2D eigenvalue weighted by molar-refractivity contribution is 8.00. The second kappa shape index (κ2) is 24.2. The van der Waals surface area contributed by atoms with Gasteiger partial charge in [0.05, 0.1) is 24.7 Å². The first-order valence-corrected chi connectivity index (χ1v) is 24.6. The highest BCUT2D eigenvalue weighted by atomic mass is 32.2. The fraction of sp³-hybridized carbons (Fsp3) is 0.727. The van der Waals surface area contributed by atoms with Crippen molar-refractivity contribution in [3.63, 3.8) is 0 Å². The molecule has 308 valence electrons. The van der Waals surface area contributed by atoms with Gasteiger partial charge in [-0.1, -0.05) is 96.4 Å². The van der Waals surface area contributed by atoms with Crippen molar-refractivity contribution in [1.29, 1.82) is 0 Å². The van der Waals surface area contributed by atoms with Crippen molar-refractivity contribution < 1.29 is 26.7 Å². The Balaban J connectivity index is 0.000000248. The van der Waals surface area contributed by atoms with Crippen molar-refractivity contribution in [2.45, 2.75) is 153 Å². The summed E-state index contributed by atoms with van der Waals surface area (Å²) in [6.07, 6.45) is 19.9. The molecule has 0 radical (unpaired) electrons. The number of unbranched alkanes of at least 4 members (excludes halogenated alkanes) is 4. The van der Waals surface area contributed by atoms with Gasteiger partial charge in [-0.15, -0.1) is 0 Å². The fourth-order valence-electron chi connectivity index (χ4n) is 6.75. The minimum Gasteiger partial charge on any atom is -0.772 e. The largest absolute Gasteiger partial charge is 0.772 e. The van der Waals surface area contributed by atoms with Crippen molar-refractivity contribution in [2.24, 2.45) is 5.92 Å².